The number of ether oxygens (including phenoxy) is 1. The van der Waals surface area contributed by atoms with Crippen molar-refractivity contribution in [3.63, 3.8) is 0 Å². The summed E-state index contributed by atoms with van der Waals surface area (Å²) in [6, 6.07) is 15.3. The largest absolute Gasteiger partial charge is 0.489 e. The molecule has 4 rings (SSSR count). The van der Waals surface area contributed by atoms with Crippen molar-refractivity contribution < 1.29 is 27.9 Å². The summed E-state index contributed by atoms with van der Waals surface area (Å²) in [6.07, 6.45) is 0.277. The minimum Gasteiger partial charge on any atom is -0.489 e. The normalized spacial score (nSPS) is 26.3. The van der Waals surface area contributed by atoms with E-state index in [2.05, 4.69) is 10.6 Å². The van der Waals surface area contributed by atoms with E-state index in [1.54, 1.807) is 24.3 Å². The summed E-state index contributed by atoms with van der Waals surface area (Å²) < 4.78 is 29.0. The molecule has 2 heterocycles. The first-order valence-corrected chi connectivity index (χ1v) is 12.0. The molecule has 0 aliphatic carbocycles. The van der Waals surface area contributed by atoms with Gasteiger partial charge in [-0.25, -0.2) is 8.42 Å². The molecule has 0 spiro atoms. The van der Waals surface area contributed by atoms with Gasteiger partial charge in [-0.15, -0.1) is 0 Å². The molecule has 2 amide bonds. The molecule has 3 N–H and O–H groups in total. The van der Waals surface area contributed by atoms with Crippen molar-refractivity contribution >= 4 is 21.7 Å². The summed E-state index contributed by atoms with van der Waals surface area (Å²) >= 11 is 0. The lowest BCUT2D eigenvalue weighted by Crippen LogP contribution is -2.53. The number of amides is 2. The van der Waals surface area contributed by atoms with Crippen LogP contribution in [0.1, 0.15) is 23.6 Å². The number of hydrogen-bond acceptors (Lipinski definition) is 6. The van der Waals surface area contributed by atoms with Crippen LogP contribution in [0.25, 0.3) is 0 Å². The zero-order valence-electron chi connectivity index (χ0n) is 17.2. The Morgan fingerprint density at radius 1 is 1.12 bits per heavy atom. The van der Waals surface area contributed by atoms with Crippen molar-refractivity contribution in [1.29, 1.82) is 0 Å². The van der Waals surface area contributed by atoms with Crippen molar-refractivity contribution in [2.45, 2.75) is 31.2 Å². The van der Waals surface area contributed by atoms with Crippen LogP contribution in [0.2, 0.25) is 0 Å². The van der Waals surface area contributed by atoms with Gasteiger partial charge in [-0.05, 0) is 24.1 Å². The summed E-state index contributed by atoms with van der Waals surface area (Å²) in [5.41, 5.74) is 1.60. The van der Waals surface area contributed by atoms with E-state index in [0.29, 0.717) is 17.9 Å². The van der Waals surface area contributed by atoms with Crippen LogP contribution in [0.15, 0.2) is 66.1 Å². The van der Waals surface area contributed by atoms with Gasteiger partial charge in [-0.3, -0.25) is 9.59 Å². The quantitative estimate of drug-likeness (QED) is 0.562. The maximum absolute atomic E-state index is 12.7. The van der Waals surface area contributed by atoms with E-state index in [4.69, 9.17) is 4.74 Å². The third-order valence-corrected chi connectivity index (χ3v) is 6.94. The molecule has 9 heteroatoms. The second kappa shape index (κ2) is 9.13. The fourth-order valence-corrected chi connectivity index (χ4v) is 5.13. The number of aliphatic hydroxyl groups excluding tert-OH is 1. The SMILES string of the molecule is O=C1NC(c2ccccc2OCc2ccccc2)C(O)CC1C(=O)N[C@@H]1C=CS(=O)(=O)C1. The first-order valence-electron chi connectivity index (χ1n) is 10.3. The van der Waals surface area contributed by atoms with Crippen molar-refractivity contribution in [3.05, 3.63) is 77.2 Å². The van der Waals surface area contributed by atoms with E-state index in [-0.39, 0.29) is 12.2 Å². The Morgan fingerprint density at radius 3 is 2.56 bits per heavy atom. The Kier molecular flexibility index (Phi) is 6.29. The van der Waals surface area contributed by atoms with Gasteiger partial charge < -0.3 is 20.5 Å². The average Bonchev–Trinajstić information content (AvgIpc) is 3.12. The number of sulfone groups is 1. The van der Waals surface area contributed by atoms with Crippen molar-refractivity contribution in [3.8, 4) is 5.75 Å². The molecule has 3 unspecified atom stereocenters. The molecule has 32 heavy (non-hydrogen) atoms. The Morgan fingerprint density at radius 2 is 1.84 bits per heavy atom. The third-order valence-electron chi connectivity index (χ3n) is 5.54. The van der Waals surface area contributed by atoms with E-state index < -0.39 is 45.8 Å². The zero-order chi connectivity index (χ0) is 22.7. The number of rotatable bonds is 6. The van der Waals surface area contributed by atoms with Gasteiger partial charge in [0.05, 0.1) is 23.9 Å². The van der Waals surface area contributed by atoms with Crippen LogP contribution >= 0.6 is 0 Å². The zero-order valence-corrected chi connectivity index (χ0v) is 18.0. The molecule has 2 aromatic rings. The summed E-state index contributed by atoms with van der Waals surface area (Å²) in [6.45, 7) is 0.331. The fourth-order valence-electron chi connectivity index (χ4n) is 3.90. The highest BCUT2D eigenvalue weighted by Crippen LogP contribution is 2.33. The molecule has 1 fully saturated rings. The van der Waals surface area contributed by atoms with Crippen LogP contribution < -0.4 is 15.4 Å². The lowest BCUT2D eigenvalue weighted by Gasteiger charge is -2.34. The van der Waals surface area contributed by atoms with Gasteiger partial charge in [-0.2, -0.15) is 0 Å². The monoisotopic (exact) mass is 456 g/mol. The molecular weight excluding hydrogens is 432 g/mol. The van der Waals surface area contributed by atoms with E-state index in [1.807, 2.05) is 30.3 Å². The van der Waals surface area contributed by atoms with Crippen molar-refractivity contribution in [2.75, 3.05) is 5.75 Å². The van der Waals surface area contributed by atoms with E-state index in [1.165, 1.54) is 6.08 Å². The molecule has 2 aliphatic heterocycles. The van der Waals surface area contributed by atoms with E-state index >= 15 is 0 Å². The molecule has 8 nitrogen and oxygen atoms in total. The Balaban J connectivity index is 1.43. The molecule has 0 saturated carbocycles. The molecule has 0 aromatic heterocycles. The highest BCUT2D eigenvalue weighted by atomic mass is 32.2. The molecule has 2 aromatic carbocycles. The van der Waals surface area contributed by atoms with Gasteiger partial charge in [0.15, 0.2) is 9.84 Å². The predicted molar refractivity (Wildman–Crippen MR) is 117 cm³/mol. The molecule has 1 saturated heterocycles. The maximum atomic E-state index is 12.7. The molecule has 2 aliphatic rings. The highest BCUT2D eigenvalue weighted by Gasteiger charge is 2.41. The standard InChI is InChI=1S/C23H24N2O6S/c26-19-12-18(22(27)24-16-10-11-32(29,30)14-16)23(28)25-21(19)17-8-4-5-9-20(17)31-13-15-6-2-1-3-7-15/h1-11,16,18-19,21,26H,12-14H2,(H,24,27)(H,25,28)/t16-,18?,19?,21?/m1/s1. The average molecular weight is 457 g/mol. The van der Waals surface area contributed by atoms with Crippen LogP contribution in [-0.4, -0.2) is 43.2 Å². The smallest absolute Gasteiger partial charge is 0.233 e. The topological polar surface area (TPSA) is 122 Å². The van der Waals surface area contributed by atoms with E-state index in [9.17, 15) is 23.1 Å². The molecule has 168 valence electrons. The number of hydrogen-bond donors (Lipinski definition) is 3. The van der Waals surface area contributed by atoms with Crippen LogP contribution in [-0.2, 0) is 26.0 Å². The number of para-hydroxylation sites is 1. The van der Waals surface area contributed by atoms with Crippen molar-refractivity contribution in [1.82, 2.24) is 10.6 Å². The second-order valence-corrected chi connectivity index (χ2v) is 9.86. The summed E-state index contributed by atoms with van der Waals surface area (Å²) in [5, 5.41) is 17.1. The number of piperidine rings is 1. The molecular formula is C23H24N2O6S. The van der Waals surface area contributed by atoms with Crippen molar-refractivity contribution in [2.24, 2.45) is 5.92 Å². The second-order valence-electron chi connectivity index (χ2n) is 7.93. The van der Waals surface area contributed by atoms with Crippen LogP contribution in [0.5, 0.6) is 5.75 Å². The summed E-state index contributed by atoms with van der Waals surface area (Å²) in [5.74, 6) is -1.95. The van der Waals surface area contributed by atoms with Gasteiger partial charge in [0.2, 0.25) is 11.8 Å². The van der Waals surface area contributed by atoms with Crippen LogP contribution in [0.3, 0.4) is 0 Å². The minimum atomic E-state index is -3.33. The number of benzene rings is 2. The van der Waals surface area contributed by atoms with Crippen LogP contribution in [0, 0.1) is 5.92 Å². The van der Waals surface area contributed by atoms with E-state index in [0.717, 1.165) is 11.0 Å². The Bertz CT molecular complexity index is 1130. The summed E-state index contributed by atoms with van der Waals surface area (Å²) in [7, 11) is -3.33. The predicted octanol–water partition coefficient (Wildman–Crippen LogP) is 1.23. The first-order chi connectivity index (χ1) is 15.3. The lowest BCUT2D eigenvalue weighted by molar-refractivity contribution is -0.141. The minimum absolute atomic E-state index is 0.0848. The summed E-state index contributed by atoms with van der Waals surface area (Å²) in [4.78, 5) is 25.3. The molecule has 0 bridgehead atoms. The molecule has 0 radical (unpaired) electrons. The number of nitrogens with one attached hydrogen (secondary N) is 2. The Hall–Kier alpha value is -3.17. The van der Waals surface area contributed by atoms with Gasteiger partial charge in [-0.1, -0.05) is 48.5 Å². The van der Waals surface area contributed by atoms with Crippen LogP contribution in [0.4, 0.5) is 0 Å². The van der Waals surface area contributed by atoms with Gasteiger partial charge >= 0.3 is 0 Å². The van der Waals surface area contributed by atoms with Gasteiger partial charge in [0, 0.05) is 11.0 Å². The Labute approximate surface area is 186 Å². The first kappa shape index (κ1) is 22.0. The number of carbonyl (C=O) groups is 2. The highest BCUT2D eigenvalue weighted by molar-refractivity contribution is 7.94. The fraction of sp³-hybridized carbons (Fsp3) is 0.304. The molecule has 4 atom stereocenters. The van der Waals surface area contributed by atoms with Gasteiger partial charge in [0.1, 0.15) is 18.3 Å². The third kappa shape index (κ3) is 5.00. The maximum Gasteiger partial charge on any atom is 0.233 e. The number of carbonyl (C=O) groups excluding carboxylic acids is 2. The van der Waals surface area contributed by atoms with Gasteiger partial charge in [0.25, 0.3) is 0 Å². The number of aliphatic hydroxyl groups is 1. The lowest BCUT2D eigenvalue weighted by atomic mass is 9.87.